The lowest BCUT2D eigenvalue weighted by atomic mass is 9.43. The van der Waals surface area contributed by atoms with Crippen LogP contribution in [0, 0.1) is 40.4 Å². The Hall–Kier alpha value is -0.610. The molecular formula is C25H44N2O2. The highest BCUT2D eigenvalue weighted by molar-refractivity contribution is 5.87. The second-order valence-electron chi connectivity index (χ2n) is 11.9. The first-order valence-corrected chi connectivity index (χ1v) is 12.3. The van der Waals surface area contributed by atoms with Gasteiger partial charge in [-0.15, -0.1) is 0 Å². The lowest BCUT2D eigenvalue weighted by Gasteiger charge is -2.61. The summed E-state index contributed by atoms with van der Waals surface area (Å²) < 4.78 is 0. The van der Waals surface area contributed by atoms with Gasteiger partial charge in [0, 0.05) is 12.5 Å². The van der Waals surface area contributed by atoms with E-state index in [9.17, 15) is 5.11 Å². The van der Waals surface area contributed by atoms with Gasteiger partial charge in [-0.2, -0.15) is 0 Å². The van der Waals surface area contributed by atoms with Crippen molar-refractivity contribution in [2.24, 2.45) is 51.3 Å². The van der Waals surface area contributed by atoms with E-state index in [1.807, 2.05) is 13.8 Å². The number of hydrogen-bond donors (Lipinski definition) is 2. The van der Waals surface area contributed by atoms with E-state index in [4.69, 9.17) is 10.6 Å². The number of fused-ring (bicyclic) bond motifs is 5. The van der Waals surface area contributed by atoms with Gasteiger partial charge in [-0.25, -0.2) is 0 Å². The summed E-state index contributed by atoms with van der Waals surface area (Å²) in [7, 11) is 0. The summed E-state index contributed by atoms with van der Waals surface area (Å²) in [5.41, 5.74) is 7.33. The first-order valence-electron chi connectivity index (χ1n) is 12.3. The van der Waals surface area contributed by atoms with E-state index in [0.717, 1.165) is 42.9 Å². The predicted octanol–water partition coefficient (Wildman–Crippen LogP) is 5.14. The summed E-state index contributed by atoms with van der Waals surface area (Å²) in [6, 6.07) is 0. The van der Waals surface area contributed by atoms with Crippen molar-refractivity contribution >= 4 is 5.71 Å². The Labute approximate surface area is 178 Å². The van der Waals surface area contributed by atoms with Crippen LogP contribution < -0.4 is 5.73 Å². The number of rotatable bonds is 4. The maximum atomic E-state index is 10.7. The van der Waals surface area contributed by atoms with Crippen molar-refractivity contribution in [3.63, 3.8) is 0 Å². The molecule has 0 aliphatic heterocycles. The van der Waals surface area contributed by atoms with E-state index in [2.05, 4.69) is 25.9 Å². The van der Waals surface area contributed by atoms with Gasteiger partial charge in [0.15, 0.2) is 0 Å². The Balaban J connectivity index is 1.56. The maximum absolute atomic E-state index is 10.7. The minimum atomic E-state index is -0.388. The zero-order valence-electron chi connectivity index (χ0n) is 19.4. The summed E-state index contributed by atoms with van der Waals surface area (Å²) >= 11 is 0. The Bertz CT molecular complexity index is 647. The van der Waals surface area contributed by atoms with Crippen LogP contribution in [0.3, 0.4) is 0 Å². The number of oxime groups is 1. The molecule has 0 aromatic carbocycles. The fourth-order valence-electron chi connectivity index (χ4n) is 8.16. The van der Waals surface area contributed by atoms with Gasteiger partial charge in [0.1, 0.15) is 5.60 Å². The summed E-state index contributed by atoms with van der Waals surface area (Å²) in [4.78, 5) is 5.89. The molecule has 0 aromatic heterocycles. The van der Waals surface area contributed by atoms with Crippen LogP contribution in [0.4, 0.5) is 0 Å². The standard InChI is InChI=1S/C25H44N2O2/c1-6-16-18-8-7-17-19-9-10-22(28)25(19,5)13-11-20(17)24(18,4)14-12-21(16)27-29-23(2,3)15-26/h16-20,22,28H,6-15,26H2,1-5H3/b27-21+/t16-,17-,18?,19-,20-,22-,24-,25-/m0/s1. The molecule has 8 atom stereocenters. The van der Waals surface area contributed by atoms with Crippen molar-refractivity contribution in [1.82, 2.24) is 0 Å². The first-order chi connectivity index (χ1) is 13.7. The van der Waals surface area contributed by atoms with Crippen LogP contribution >= 0.6 is 0 Å². The fraction of sp³-hybridized carbons (Fsp3) is 0.960. The second kappa shape index (κ2) is 7.51. The van der Waals surface area contributed by atoms with Crippen molar-refractivity contribution in [2.75, 3.05) is 6.54 Å². The maximum Gasteiger partial charge on any atom is 0.144 e. The Kier molecular flexibility index (Phi) is 5.60. The second-order valence-corrected chi connectivity index (χ2v) is 11.9. The Morgan fingerprint density at radius 3 is 2.41 bits per heavy atom. The van der Waals surface area contributed by atoms with Crippen molar-refractivity contribution in [3.8, 4) is 0 Å². The van der Waals surface area contributed by atoms with Gasteiger partial charge in [0.2, 0.25) is 0 Å². The van der Waals surface area contributed by atoms with Crippen molar-refractivity contribution in [1.29, 1.82) is 0 Å². The van der Waals surface area contributed by atoms with Crippen LogP contribution in [0.5, 0.6) is 0 Å². The number of aliphatic hydroxyl groups is 1. The number of nitrogens with two attached hydrogens (primary N) is 1. The summed E-state index contributed by atoms with van der Waals surface area (Å²) in [5, 5.41) is 15.4. The summed E-state index contributed by atoms with van der Waals surface area (Å²) in [6.07, 6.45) is 10.8. The topological polar surface area (TPSA) is 67.8 Å². The third-order valence-corrected chi connectivity index (χ3v) is 10.1. The normalized spacial score (nSPS) is 48.7. The highest BCUT2D eigenvalue weighted by Gasteiger charge is 2.61. The minimum absolute atomic E-state index is 0.0736. The monoisotopic (exact) mass is 404 g/mol. The Morgan fingerprint density at radius 2 is 1.72 bits per heavy atom. The van der Waals surface area contributed by atoms with Crippen LogP contribution in [0.1, 0.15) is 92.4 Å². The zero-order chi connectivity index (χ0) is 21.0. The molecule has 0 amide bonds. The van der Waals surface area contributed by atoms with Gasteiger partial charge >= 0.3 is 0 Å². The summed E-state index contributed by atoms with van der Waals surface area (Å²) in [5.74, 6) is 3.64. The molecule has 29 heavy (non-hydrogen) atoms. The van der Waals surface area contributed by atoms with E-state index in [0.29, 0.717) is 17.9 Å². The van der Waals surface area contributed by atoms with Crippen molar-refractivity contribution < 1.29 is 9.94 Å². The third-order valence-electron chi connectivity index (χ3n) is 10.1. The quantitative estimate of drug-likeness (QED) is 0.638. The lowest BCUT2D eigenvalue weighted by Crippen LogP contribution is -2.56. The Morgan fingerprint density at radius 1 is 1.03 bits per heavy atom. The van der Waals surface area contributed by atoms with Gasteiger partial charge in [0.05, 0.1) is 11.8 Å². The van der Waals surface area contributed by atoms with Crippen LogP contribution in [0.2, 0.25) is 0 Å². The molecule has 4 rings (SSSR count). The number of nitrogens with zero attached hydrogens (tertiary/aromatic N) is 1. The molecular weight excluding hydrogens is 360 g/mol. The van der Waals surface area contributed by atoms with Crippen LogP contribution in [-0.2, 0) is 4.84 Å². The van der Waals surface area contributed by atoms with E-state index < -0.39 is 0 Å². The molecule has 0 radical (unpaired) electrons. The largest absolute Gasteiger partial charge is 0.393 e. The van der Waals surface area contributed by atoms with Gasteiger partial charge in [-0.3, -0.25) is 0 Å². The van der Waals surface area contributed by atoms with Crippen LogP contribution in [0.15, 0.2) is 5.16 Å². The average molecular weight is 405 g/mol. The van der Waals surface area contributed by atoms with E-state index in [1.54, 1.807) is 0 Å². The molecule has 4 nitrogen and oxygen atoms in total. The lowest BCUT2D eigenvalue weighted by molar-refractivity contribution is -0.122. The molecule has 4 fully saturated rings. The highest BCUT2D eigenvalue weighted by atomic mass is 16.6. The third kappa shape index (κ3) is 3.37. The van der Waals surface area contributed by atoms with Gasteiger partial charge in [-0.1, -0.05) is 25.9 Å². The molecule has 0 saturated heterocycles. The molecule has 0 spiro atoms. The summed E-state index contributed by atoms with van der Waals surface area (Å²) in [6.45, 7) is 11.8. The predicted molar refractivity (Wildman–Crippen MR) is 119 cm³/mol. The van der Waals surface area contributed by atoms with Crippen LogP contribution in [0.25, 0.3) is 0 Å². The van der Waals surface area contributed by atoms with Crippen molar-refractivity contribution in [2.45, 2.75) is 104 Å². The molecule has 0 heterocycles. The molecule has 166 valence electrons. The molecule has 0 bridgehead atoms. The molecule has 3 N–H and O–H groups in total. The molecule has 4 heteroatoms. The SMILES string of the molecule is CC[C@@H]1/C(=N/OC(C)(C)CN)CC[C@@]2(C)C1CC[C@H]1[C@@H]3CC[C@H](O)[C@@]3(C)CC[C@@H]12. The molecule has 0 aromatic rings. The number of aliphatic hydroxyl groups excluding tert-OH is 1. The van der Waals surface area contributed by atoms with Gasteiger partial charge < -0.3 is 15.7 Å². The smallest absolute Gasteiger partial charge is 0.144 e. The van der Waals surface area contributed by atoms with E-state index in [1.165, 1.54) is 44.2 Å². The van der Waals surface area contributed by atoms with E-state index in [-0.39, 0.29) is 17.1 Å². The minimum Gasteiger partial charge on any atom is -0.393 e. The fourth-order valence-corrected chi connectivity index (χ4v) is 8.16. The first kappa shape index (κ1) is 21.6. The highest BCUT2D eigenvalue weighted by Crippen LogP contribution is 2.66. The molecule has 1 unspecified atom stereocenters. The number of hydrogen-bond acceptors (Lipinski definition) is 4. The molecule has 4 aliphatic rings. The van der Waals surface area contributed by atoms with Gasteiger partial charge in [-0.05, 0) is 106 Å². The van der Waals surface area contributed by atoms with Crippen molar-refractivity contribution in [3.05, 3.63) is 0 Å². The molecule has 4 aliphatic carbocycles. The van der Waals surface area contributed by atoms with Gasteiger partial charge in [0.25, 0.3) is 0 Å². The zero-order valence-corrected chi connectivity index (χ0v) is 19.4. The van der Waals surface area contributed by atoms with E-state index >= 15 is 0 Å². The van der Waals surface area contributed by atoms with Crippen LogP contribution in [-0.4, -0.2) is 29.1 Å². The average Bonchev–Trinajstić information content (AvgIpc) is 3.00. The molecule has 4 saturated carbocycles.